The van der Waals surface area contributed by atoms with Gasteiger partial charge in [0.2, 0.25) is 0 Å². The quantitative estimate of drug-likeness (QED) is 0.349. The smallest absolute Gasteiger partial charge is 0.373 e. The van der Waals surface area contributed by atoms with Crippen LogP contribution in [0.2, 0.25) is 0 Å². The van der Waals surface area contributed by atoms with E-state index in [0.717, 1.165) is 16.8 Å². The largest absolute Gasteiger partial charge is 0.399 e. The molecule has 2 aromatic carbocycles. The molecular weight excluding hydrogens is 326 g/mol. The molecule has 0 radical (unpaired) electrons. The Morgan fingerprint density at radius 2 is 1.36 bits per heavy atom. The van der Waals surface area contributed by atoms with Gasteiger partial charge in [-0.25, -0.2) is 0 Å². The van der Waals surface area contributed by atoms with Gasteiger partial charge in [0.1, 0.15) is 0 Å². The molecule has 0 aromatic heterocycles. The second-order valence-electron chi connectivity index (χ2n) is 4.22. The first-order valence-corrected chi connectivity index (χ1v) is 6.59. The molecule has 0 fully saturated rings. The lowest BCUT2D eigenvalue weighted by atomic mass is 10.2. The number of nitrogens with zero attached hydrogens (tertiary/aromatic N) is 3. The van der Waals surface area contributed by atoms with E-state index in [9.17, 15) is 0 Å². The van der Waals surface area contributed by atoms with Crippen molar-refractivity contribution in [3.8, 4) is 0 Å². The number of anilines is 2. The highest BCUT2D eigenvalue weighted by Crippen LogP contribution is 2.24. The van der Waals surface area contributed by atoms with Crippen LogP contribution in [-0.2, 0) is 19.2 Å². The van der Waals surface area contributed by atoms with Gasteiger partial charge in [-0.3, -0.25) is 0 Å². The maximum Gasteiger partial charge on any atom is 0.373 e. The lowest BCUT2D eigenvalue weighted by Crippen LogP contribution is -1.88. The third-order valence-electron chi connectivity index (χ3n) is 2.64. The van der Waals surface area contributed by atoms with Gasteiger partial charge in [0.05, 0.1) is 5.69 Å². The van der Waals surface area contributed by atoms with Crippen LogP contribution in [0, 0.1) is 13.8 Å². The molecule has 25 heavy (non-hydrogen) atoms. The minimum atomic E-state index is 0.250. The van der Waals surface area contributed by atoms with Gasteiger partial charge < -0.3 is 11.5 Å². The van der Waals surface area contributed by atoms with Crippen molar-refractivity contribution >= 4 is 29.4 Å². The fourth-order valence-electron chi connectivity index (χ4n) is 1.39. The predicted octanol–water partition coefficient (Wildman–Crippen LogP) is 2.93. The zero-order valence-electron chi connectivity index (χ0n) is 13.7. The van der Waals surface area contributed by atoms with Crippen molar-refractivity contribution in [1.82, 2.24) is 0 Å². The molecule has 0 atom stereocenters. The molecular formula is C16H17N5O4. The number of carbonyl (C=O) groups excluding carboxylic acids is 4. The summed E-state index contributed by atoms with van der Waals surface area (Å²) in [5.74, 6) is 0. The Kier molecular flexibility index (Phi) is 14.0. The van der Waals surface area contributed by atoms with E-state index in [1.54, 1.807) is 12.1 Å². The van der Waals surface area contributed by atoms with Crippen LogP contribution in [0.5, 0.6) is 0 Å². The molecule has 0 bridgehead atoms. The van der Waals surface area contributed by atoms with Crippen molar-refractivity contribution in [3.05, 3.63) is 64.0 Å². The topological polar surface area (TPSA) is 169 Å². The minimum absolute atomic E-state index is 0.250. The maximum absolute atomic E-state index is 8.14. The van der Waals surface area contributed by atoms with E-state index >= 15 is 0 Å². The fourth-order valence-corrected chi connectivity index (χ4v) is 1.39. The van der Waals surface area contributed by atoms with Crippen LogP contribution in [0.4, 0.5) is 17.1 Å². The normalized spacial score (nSPS) is 7.44. The Balaban J connectivity index is 0. The first kappa shape index (κ1) is 23.4. The van der Waals surface area contributed by atoms with E-state index in [0.29, 0.717) is 11.4 Å². The molecule has 9 nitrogen and oxygen atoms in total. The maximum atomic E-state index is 8.14. The lowest BCUT2D eigenvalue weighted by Gasteiger charge is -2.00. The van der Waals surface area contributed by atoms with Gasteiger partial charge in [-0.05, 0) is 36.6 Å². The summed E-state index contributed by atoms with van der Waals surface area (Å²) in [5, 5.41) is 3.42. The third-order valence-corrected chi connectivity index (χ3v) is 2.64. The molecule has 0 aliphatic rings. The average Bonchev–Trinajstić information content (AvgIpc) is 2.57. The van der Waals surface area contributed by atoms with E-state index in [-0.39, 0.29) is 12.3 Å². The molecule has 4 N–H and O–H groups in total. The summed E-state index contributed by atoms with van der Waals surface area (Å²) in [6.07, 6.45) is 0.500. The van der Waals surface area contributed by atoms with Gasteiger partial charge >= 0.3 is 12.3 Å². The van der Waals surface area contributed by atoms with Crippen molar-refractivity contribution in [1.29, 1.82) is 0 Å². The highest BCUT2D eigenvalue weighted by atomic mass is 16.2. The Hall–Kier alpha value is -3.89. The van der Waals surface area contributed by atoms with Crippen LogP contribution in [0.1, 0.15) is 11.1 Å². The summed E-state index contributed by atoms with van der Waals surface area (Å²) in [5.41, 5.74) is 23.2. The van der Waals surface area contributed by atoms with Crippen molar-refractivity contribution in [2.45, 2.75) is 13.8 Å². The van der Waals surface area contributed by atoms with Gasteiger partial charge in [-0.2, -0.15) is 19.2 Å². The SMILES string of the molecule is Cc1cccc(N=[N+]=[N-])c1N.Cc1ccccc1N.O=C=O.O=C=O. The van der Waals surface area contributed by atoms with E-state index in [4.69, 9.17) is 36.2 Å². The van der Waals surface area contributed by atoms with Crippen LogP contribution in [0.25, 0.3) is 10.4 Å². The highest BCUT2D eigenvalue weighted by molar-refractivity contribution is 5.66. The van der Waals surface area contributed by atoms with Crippen LogP contribution in [-0.4, -0.2) is 12.3 Å². The molecule has 2 rings (SSSR count). The average molecular weight is 343 g/mol. The Labute approximate surface area is 143 Å². The molecule has 130 valence electrons. The summed E-state index contributed by atoms with van der Waals surface area (Å²) in [6.45, 7) is 3.86. The number of hydrogen-bond acceptors (Lipinski definition) is 7. The van der Waals surface area contributed by atoms with Crippen LogP contribution < -0.4 is 11.5 Å². The van der Waals surface area contributed by atoms with Crippen molar-refractivity contribution in [3.63, 3.8) is 0 Å². The number of azide groups is 1. The minimum Gasteiger partial charge on any atom is -0.399 e. The van der Waals surface area contributed by atoms with E-state index in [1.165, 1.54) is 0 Å². The zero-order valence-corrected chi connectivity index (χ0v) is 13.7. The monoisotopic (exact) mass is 343 g/mol. The molecule has 0 aliphatic carbocycles. The van der Waals surface area contributed by atoms with Gasteiger partial charge in [-0.15, -0.1) is 0 Å². The molecule has 0 saturated heterocycles. The molecule has 0 saturated carbocycles. The number of hydrogen-bond donors (Lipinski definition) is 2. The number of rotatable bonds is 1. The van der Waals surface area contributed by atoms with Crippen molar-refractivity contribution in [2.75, 3.05) is 11.5 Å². The first-order valence-electron chi connectivity index (χ1n) is 6.59. The number of aryl methyl sites for hydroxylation is 2. The molecule has 0 heterocycles. The van der Waals surface area contributed by atoms with Crippen LogP contribution >= 0.6 is 0 Å². The van der Waals surface area contributed by atoms with Crippen LogP contribution in [0.15, 0.2) is 47.6 Å². The van der Waals surface area contributed by atoms with Gasteiger partial charge in [-0.1, -0.05) is 41.5 Å². The molecule has 0 spiro atoms. The molecule has 0 unspecified atom stereocenters. The zero-order chi connectivity index (χ0) is 19.7. The molecule has 0 amide bonds. The van der Waals surface area contributed by atoms with E-state index < -0.39 is 0 Å². The summed E-state index contributed by atoms with van der Waals surface area (Å²) in [4.78, 5) is 35.2. The van der Waals surface area contributed by atoms with Crippen molar-refractivity contribution < 1.29 is 19.2 Å². The second kappa shape index (κ2) is 15.0. The number of para-hydroxylation sites is 2. The standard InChI is InChI=1S/C7H8N4.C7H9N.2CO2/c1-5-3-2-4-6(7(5)8)10-11-9;1-6-4-2-3-5-7(6)8;2*2-1-3/h2-4H,8H2,1H3;2-5H,8H2,1H3;;. The van der Waals surface area contributed by atoms with E-state index in [2.05, 4.69) is 10.0 Å². The Morgan fingerprint density at radius 3 is 1.76 bits per heavy atom. The lowest BCUT2D eigenvalue weighted by molar-refractivity contribution is -0.193. The van der Waals surface area contributed by atoms with Crippen LogP contribution in [0.3, 0.4) is 0 Å². The van der Waals surface area contributed by atoms with Crippen molar-refractivity contribution in [2.24, 2.45) is 5.11 Å². The summed E-state index contributed by atoms with van der Waals surface area (Å²) in [6, 6.07) is 13.2. The van der Waals surface area contributed by atoms with Gasteiger partial charge in [0.15, 0.2) is 0 Å². The predicted molar refractivity (Wildman–Crippen MR) is 90.0 cm³/mol. The number of benzene rings is 2. The number of nitrogen functional groups attached to an aromatic ring is 2. The molecule has 2 aromatic rings. The van der Waals surface area contributed by atoms with E-state index in [1.807, 2.05) is 44.2 Å². The summed E-state index contributed by atoms with van der Waals surface area (Å²) < 4.78 is 0. The Morgan fingerprint density at radius 1 is 0.880 bits per heavy atom. The van der Waals surface area contributed by atoms with Gasteiger partial charge in [0.25, 0.3) is 0 Å². The summed E-state index contributed by atoms with van der Waals surface area (Å²) >= 11 is 0. The Bertz CT molecular complexity index is 741. The second-order valence-corrected chi connectivity index (χ2v) is 4.22. The first-order chi connectivity index (χ1) is 11.9. The van der Waals surface area contributed by atoms with Gasteiger partial charge in [0, 0.05) is 16.3 Å². The highest BCUT2D eigenvalue weighted by Gasteiger charge is 1.96. The summed E-state index contributed by atoms with van der Waals surface area (Å²) in [7, 11) is 0. The number of nitrogens with two attached hydrogens (primary N) is 2. The molecule has 0 aliphatic heterocycles. The third kappa shape index (κ3) is 11.3. The fraction of sp³-hybridized carbons (Fsp3) is 0.125. The molecule has 9 heteroatoms.